The summed E-state index contributed by atoms with van der Waals surface area (Å²) in [6.45, 7) is 1.96. The number of benzene rings is 2. The van der Waals surface area contributed by atoms with E-state index in [4.69, 9.17) is 0 Å². The van der Waals surface area contributed by atoms with Gasteiger partial charge in [-0.05, 0) is 42.3 Å². The second kappa shape index (κ2) is 5.44. The first-order valence-corrected chi connectivity index (χ1v) is 6.77. The van der Waals surface area contributed by atoms with Gasteiger partial charge in [0, 0.05) is 11.8 Å². The third-order valence-electron chi connectivity index (χ3n) is 3.46. The number of halogens is 1. The summed E-state index contributed by atoms with van der Waals surface area (Å²) in [5.41, 5.74) is 2.91. The van der Waals surface area contributed by atoms with Crippen molar-refractivity contribution in [2.45, 2.75) is 13.3 Å². The van der Waals surface area contributed by atoms with Gasteiger partial charge in [0.05, 0.1) is 5.52 Å². The largest absolute Gasteiger partial charge is 0.292 e. The number of nitrogens with zero attached hydrogens (tertiary/aromatic N) is 1. The van der Waals surface area contributed by atoms with Gasteiger partial charge in [0.25, 0.3) is 0 Å². The van der Waals surface area contributed by atoms with E-state index in [2.05, 4.69) is 4.98 Å². The van der Waals surface area contributed by atoms with Crippen molar-refractivity contribution in [2.75, 3.05) is 0 Å². The average molecular weight is 279 g/mol. The summed E-state index contributed by atoms with van der Waals surface area (Å²) in [5, 5.41) is 1.04. The molecule has 0 aliphatic carbocycles. The first kappa shape index (κ1) is 13.4. The van der Waals surface area contributed by atoms with Gasteiger partial charge in [-0.25, -0.2) is 9.37 Å². The van der Waals surface area contributed by atoms with E-state index in [1.165, 1.54) is 12.1 Å². The summed E-state index contributed by atoms with van der Waals surface area (Å²) in [7, 11) is 0. The van der Waals surface area contributed by atoms with Crippen LogP contribution in [0.4, 0.5) is 4.39 Å². The molecule has 3 aromatic rings. The quantitative estimate of drug-likeness (QED) is 0.675. The minimum absolute atomic E-state index is 0.102. The fourth-order valence-electron chi connectivity index (χ4n) is 2.42. The van der Waals surface area contributed by atoms with Crippen LogP contribution in [0.5, 0.6) is 0 Å². The first-order valence-electron chi connectivity index (χ1n) is 6.77. The lowest BCUT2D eigenvalue weighted by molar-refractivity contribution is 0.0988. The maximum atomic E-state index is 13.2. The molecule has 3 rings (SSSR count). The number of rotatable bonds is 3. The number of hydrogen-bond acceptors (Lipinski definition) is 2. The molecule has 0 radical (unpaired) electrons. The third-order valence-corrected chi connectivity index (χ3v) is 3.46. The maximum Gasteiger partial charge on any atom is 0.185 e. The average Bonchev–Trinajstić information content (AvgIpc) is 2.47. The van der Waals surface area contributed by atoms with Gasteiger partial charge in [0.1, 0.15) is 11.5 Å². The van der Waals surface area contributed by atoms with Gasteiger partial charge in [0.15, 0.2) is 5.78 Å². The highest BCUT2D eigenvalue weighted by Gasteiger charge is 2.11. The summed E-state index contributed by atoms with van der Waals surface area (Å²) in [6.07, 6.45) is 0.155. The normalized spacial score (nSPS) is 10.8. The number of carbonyl (C=O) groups excluding carboxylic acids is 1. The van der Waals surface area contributed by atoms with Crippen molar-refractivity contribution in [3.63, 3.8) is 0 Å². The third kappa shape index (κ3) is 2.82. The van der Waals surface area contributed by atoms with Crippen LogP contribution in [-0.4, -0.2) is 10.8 Å². The van der Waals surface area contributed by atoms with Crippen molar-refractivity contribution in [3.8, 4) is 0 Å². The van der Waals surface area contributed by atoms with Crippen LogP contribution in [0.2, 0.25) is 0 Å². The lowest BCUT2D eigenvalue weighted by Crippen LogP contribution is -2.07. The zero-order valence-corrected chi connectivity index (χ0v) is 11.6. The molecule has 1 aromatic heterocycles. The molecular weight excluding hydrogens is 265 g/mol. The number of ketones is 1. The molecule has 0 saturated carbocycles. The van der Waals surface area contributed by atoms with E-state index < -0.39 is 0 Å². The van der Waals surface area contributed by atoms with Crippen LogP contribution < -0.4 is 0 Å². The summed E-state index contributed by atoms with van der Waals surface area (Å²) < 4.78 is 13.2. The lowest BCUT2D eigenvalue weighted by atomic mass is 10.0. The summed E-state index contributed by atoms with van der Waals surface area (Å²) in [5.74, 6) is -0.433. The number of para-hydroxylation sites is 1. The van der Waals surface area contributed by atoms with Gasteiger partial charge < -0.3 is 0 Å². The summed E-state index contributed by atoms with van der Waals surface area (Å²) >= 11 is 0. The number of aryl methyl sites for hydroxylation is 1. The molecule has 3 heteroatoms. The van der Waals surface area contributed by atoms with Crippen molar-refractivity contribution >= 4 is 16.7 Å². The molecule has 21 heavy (non-hydrogen) atoms. The maximum absolute atomic E-state index is 13.2. The molecule has 2 aromatic carbocycles. The van der Waals surface area contributed by atoms with E-state index >= 15 is 0 Å². The van der Waals surface area contributed by atoms with Crippen molar-refractivity contribution < 1.29 is 9.18 Å². The zero-order chi connectivity index (χ0) is 14.8. The molecule has 0 amide bonds. The number of aromatic nitrogens is 1. The smallest absolute Gasteiger partial charge is 0.185 e. The predicted molar refractivity (Wildman–Crippen MR) is 80.9 cm³/mol. The van der Waals surface area contributed by atoms with Gasteiger partial charge in [-0.1, -0.05) is 30.3 Å². The van der Waals surface area contributed by atoms with Gasteiger partial charge >= 0.3 is 0 Å². The Hall–Kier alpha value is -2.55. The van der Waals surface area contributed by atoms with Crippen LogP contribution in [0.15, 0.2) is 54.6 Å². The topological polar surface area (TPSA) is 30.0 Å². The SMILES string of the molecule is Cc1cc(C(=O)Cc2cccc(F)c2)nc2ccccc12. The minimum atomic E-state index is -0.331. The molecule has 104 valence electrons. The monoisotopic (exact) mass is 279 g/mol. The Morgan fingerprint density at radius 1 is 1.10 bits per heavy atom. The Bertz CT molecular complexity index is 826. The molecule has 0 unspecified atom stereocenters. The number of carbonyl (C=O) groups is 1. The molecule has 0 aliphatic heterocycles. The van der Waals surface area contributed by atoms with Crippen LogP contribution in [-0.2, 0) is 6.42 Å². The zero-order valence-electron chi connectivity index (χ0n) is 11.6. The second-order valence-corrected chi connectivity index (χ2v) is 5.07. The van der Waals surface area contributed by atoms with E-state index in [0.717, 1.165) is 16.5 Å². The van der Waals surface area contributed by atoms with Gasteiger partial charge in [-0.3, -0.25) is 4.79 Å². The Morgan fingerprint density at radius 3 is 2.71 bits per heavy atom. The molecule has 0 spiro atoms. The van der Waals surface area contributed by atoms with Crippen molar-refractivity contribution in [1.29, 1.82) is 0 Å². The highest BCUT2D eigenvalue weighted by molar-refractivity contribution is 5.98. The Kier molecular flexibility index (Phi) is 3.48. The van der Waals surface area contributed by atoms with Gasteiger partial charge in [-0.2, -0.15) is 0 Å². The van der Waals surface area contributed by atoms with E-state index in [1.54, 1.807) is 18.2 Å². The fraction of sp³-hybridized carbons (Fsp3) is 0.111. The highest BCUT2D eigenvalue weighted by atomic mass is 19.1. The molecule has 0 aliphatic rings. The lowest BCUT2D eigenvalue weighted by Gasteiger charge is -2.06. The molecule has 0 N–H and O–H groups in total. The van der Waals surface area contributed by atoms with Crippen LogP contribution in [0.1, 0.15) is 21.6 Å². The molecule has 0 saturated heterocycles. The molecule has 2 nitrogen and oxygen atoms in total. The van der Waals surface area contributed by atoms with E-state index in [1.807, 2.05) is 31.2 Å². The van der Waals surface area contributed by atoms with E-state index in [-0.39, 0.29) is 18.0 Å². The molecular formula is C18H14FNO. The molecule has 1 heterocycles. The fourth-order valence-corrected chi connectivity index (χ4v) is 2.42. The van der Waals surface area contributed by atoms with Crippen molar-refractivity contribution in [1.82, 2.24) is 4.98 Å². The van der Waals surface area contributed by atoms with Gasteiger partial charge in [-0.15, -0.1) is 0 Å². The first-order chi connectivity index (χ1) is 10.1. The molecule has 0 atom stereocenters. The predicted octanol–water partition coefficient (Wildman–Crippen LogP) is 4.11. The van der Waals surface area contributed by atoms with E-state index in [9.17, 15) is 9.18 Å². The van der Waals surface area contributed by atoms with E-state index in [0.29, 0.717) is 11.3 Å². The Morgan fingerprint density at radius 2 is 1.90 bits per heavy atom. The Balaban J connectivity index is 1.94. The van der Waals surface area contributed by atoms with Crippen LogP contribution in [0.3, 0.4) is 0 Å². The number of Topliss-reactive ketones (excluding diaryl/α,β-unsaturated/α-hetero) is 1. The minimum Gasteiger partial charge on any atom is -0.292 e. The standard InChI is InChI=1S/C18H14FNO/c1-12-9-17(20-16-8-3-2-7-15(12)16)18(21)11-13-5-4-6-14(19)10-13/h2-10H,11H2,1H3. The van der Waals surface area contributed by atoms with Crippen molar-refractivity contribution in [2.24, 2.45) is 0 Å². The Labute approximate surface area is 122 Å². The number of pyridine rings is 1. The molecule has 0 fully saturated rings. The van der Waals surface area contributed by atoms with Crippen LogP contribution in [0.25, 0.3) is 10.9 Å². The van der Waals surface area contributed by atoms with Gasteiger partial charge in [0.2, 0.25) is 0 Å². The number of fused-ring (bicyclic) bond motifs is 1. The number of hydrogen-bond donors (Lipinski definition) is 0. The van der Waals surface area contributed by atoms with Crippen LogP contribution in [0, 0.1) is 12.7 Å². The summed E-state index contributed by atoms with van der Waals surface area (Å²) in [6, 6.07) is 15.6. The second-order valence-electron chi connectivity index (χ2n) is 5.07. The van der Waals surface area contributed by atoms with Crippen molar-refractivity contribution in [3.05, 3.63) is 77.2 Å². The highest BCUT2D eigenvalue weighted by Crippen LogP contribution is 2.18. The van der Waals surface area contributed by atoms with Crippen LogP contribution >= 0.6 is 0 Å². The molecule has 0 bridgehead atoms. The summed E-state index contributed by atoms with van der Waals surface area (Å²) in [4.78, 5) is 16.7.